The minimum Gasteiger partial charge on any atom is -0.403 e. The molecule has 1 unspecified atom stereocenters. The van der Waals surface area contributed by atoms with Gasteiger partial charge in [0, 0.05) is 6.26 Å². The molecule has 1 aromatic carbocycles. The van der Waals surface area contributed by atoms with Crippen molar-refractivity contribution in [3.8, 4) is 0 Å². The molecule has 0 amide bonds. The number of hydrogen-bond donors (Lipinski definition) is 0. The van der Waals surface area contributed by atoms with Crippen LogP contribution < -0.4 is 0 Å². The summed E-state index contributed by atoms with van der Waals surface area (Å²) in [5.41, 5.74) is 0.699. The Bertz CT molecular complexity index is 640. The van der Waals surface area contributed by atoms with Crippen LogP contribution in [0.1, 0.15) is 39.4 Å². The number of carbonyl (C=O) groups excluding carboxylic acids is 1. The van der Waals surface area contributed by atoms with Crippen molar-refractivity contribution in [2.75, 3.05) is 6.26 Å². The molecule has 1 atom stereocenters. The summed E-state index contributed by atoms with van der Waals surface area (Å²) in [6.45, 7) is 12.0. The summed E-state index contributed by atoms with van der Waals surface area (Å²) in [6.07, 6.45) is 0.519. The van der Waals surface area contributed by atoms with Crippen molar-refractivity contribution < 1.29 is 17.6 Å². The van der Waals surface area contributed by atoms with Crippen LogP contribution in [0.15, 0.2) is 29.2 Å². The van der Waals surface area contributed by atoms with Gasteiger partial charge in [-0.05, 0) is 42.8 Å². The summed E-state index contributed by atoms with van der Waals surface area (Å²) in [6, 6.07) is 6.37. The quantitative estimate of drug-likeness (QED) is 0.765. The van der Waals surface area contributed by atoms with Crippen molar-refractivity contribution in [2.24, 2.45) is 0 Å². The third-order valence-electron chi connectivity index (χ3n) is 4.20. The molecule has 0 heterocycles. The number of sulfone groups is 1. The lowest BCUT2D eigenvalue weighted by Crippen LogP contribution is -2.43. The normalized spacial score (nSPS) is 14.7. The fraction of sp³-hybridized carbons (Fsp3) is 0.562. The van der Waals surface area contributed by atoms with Gasteiger partial charge in [0.1, 0.15) is 6.10 Å². The van der Waals surface area contributed by atoms with Gasteiger partial charge in [0.05, 0.1) is 4.90 Å². The molecule has 4 nitrogen and oxygen atoms in total. The Labute approximate surface area is 134 Å². The SMILES string of the molecule is CC(=O)C(O[Si](C)(C)C(C)(C)C)c1ccc(S(C)(=O)=O)cc1. The summed E-state index contributed by atoms with van der Waals surface area (Å²) in [4.78, 5) is 12.3. The number of hydrogen-bond acceptors (Lipinski definition) is 4. The van der Waals surface area contributed by atoms with E-state index in [4.69, 9.17) is 4.43 Å². The monoisotopic (exact) mass is 342 g/mol. The van der Waals surface area contributed by atoms with Gasteiger partial charge in [-0.15, -0.1) is 0 Å². The fourth-order valence-electron chi connectivity index (χ4n) is 1.75. The highest BCUT2D eigenvalue weighted by molar-refractivity contribution is 7.90. The maximum Gasteiger partial charge on any atom is 0.193 e. The van der Waals surface area contributed by atoms with E-state index in [-0.39, 0.29) is 15.7 Å². The minimum atomic E-state index is -3.24. The van der Waals surface area contributed by atoms with Crippen LogP contribution in [-0.4, -0.2) is 28.8 Å². The largest absolute Gasteiger partial charge is 0.403 e. The maximum absolute atomic E-state index is 12.0. The Kier molecular flexibility index (Phi) is 5.42. The molecule has 0 radical (unpaired) electrons. The Morgan fingerprint density at radius 3 is 1.91 bits per heavy atom. The number of ketones is 1. The molecule has 0 saturated heterocycles. The van der Waals surface area contributed by atoms with E-state index >= 15 is 0 Å². The highest BCUT2D eigenvalue weighted by atomic mass is 32.2. The van der Waals surface area contributed by atoms with Crippen molar-refractivity contribution in [3.05, 3.63) is 29.8 Å². The van der Waals surface area contributed by atoms with Crippen molar-refractivity contribution in [1.82, 2.24) is 0 Å². The van der Waals surface area contributed by atoms with Gasteiger partial charge in [0.2, 0.25) is 0 Å². The van der Waals surface area contributed by atoms with Gasteiger partial charge in [-0.3, -0.25) is 4.79 Å². The van der Waals surface area contributed by atoms with E-state index in [0.29, 0.717) is 5.56 Å². The summed E-state index contributed by atoms with van der Waals surface area (Å²) in [5, 5.41) is -0.00655. The van der Waals surface area contributed by atoms with Gasteiger partial charge in [-0.25, -0.2) is 8.42 Å². The maximum atomic E-state index is 12.0. The molecule has 22 heavy (non-hydrogen) atoms. The van der Waals surface area contributed by atoms with Crippen molar-refractivity contribution in [3.63, 3.8) is 0 Å². The molecule has 0 aromatic heterocycles. The van der Waals surface area contributed by atoms with E-state index in [1.165, 1.54) is 19.1 Å². The lowest BCUT2D eigenvalue weighted by molar-refractivity contribution is -0.124. The van der Waals surface area contributed by atoms with Crippen LogP contribution in [0.2, 0.25) is 18.1 Å². The van der Waals surface area contributed by atoms with Gasteiger partial charge in [0.15, 0.2) is 23.9 Å². The van der Waals surface area contributed by atoms with Gasteiger partial charge >= 0.3 is 0 Å². The fourth-order valence-corrected chi connectivity index (χ4v) is 3.62. The molecule has 0 N–H and O–H groups in total. The number of Topliss-reactive ketones (excluding diaryl/α,β-unsaturated/α-hetero) is 1. The lowest BCUT2D eigenvalue weighted by atomic mass is 10.1. The first-order chi connectivity index (χ1) is 9.75. The van der Waals surface area contributed by atoms with Gasteiger partial charge in [-0.1, -0.05) is 32.9 Å². The number of carbonyl (C=O) groups is 1. The van der Waals surface area contributed by atoms with Crippen molar-refractivity contribution >= 4 is 23.9 Å². The van der Waals surface area contributed by atoms with Crippen molar-refractivity contribution in [2.45, 2.75) is 56.8 Å². The van der Waals surface area contributed by atoms with Crippen LogP contribution in [0.5, 0.6) is 0 Å². The topological polar surface area (TPSA) is 60.4 Å². The molecule has 0 aliphatic heterocycles. The highest BCUT2D eigenvalue weighted by Gasteiger charge is 2.40. The smallest absolute Gasteiger partial charge is 0.193 e. The zero-order chi connectivity index (χ0) is 17.3. The van der Waals surface area contributed by atoms with Crippen LogP contribution in [0.3, 0.4) is 0 Å². The summed E-state index contributed by atoms with van der Waals surface area (Å²) >= 11 is 0. The zero-order valence-electron chi connectivity index (χ0n) is 14.4. The number of benzene rings is 1. The first-order valence-corrected chi connectivity index (χ1v) is 12.0. The second-order valence-electron chi connectivity index (χ2n) is 7.21. The Hall–Kier alpha value is -0.983. The van der Waals surface area contributed by atoms with Crippen LogP contribution in [0.25, 0.3) is 0 Å². The molecule has 124 valence electrons. The molecule has 1 aromatic rings. The van der Waals surface area contributed by atoms with E-state index in [0.717, 1.165) is 6.26 Å². The van der Waals surface area contributed by atoms with Crippen LogP contribution in [-0.2, 0) is 19.1 Å². The average molecular weight is 343 g/mol. The zero-order valence-corrected chi connectivity index (χ0v) is 16.2. The van der Waals surface area contributed by atoms with E-state index in [1.807, 2.05) is 0 Å². The molecule has 0 bridgehead atoms. The van der Waals surface area contributed by atoms with Crippen LogP contribution in [0, 0.1) is 0 Å². The van der Waals surface area contributed by atoms with E-state index in [1.54, 1.807) is 12.1 Å². The molecular formula is C16H26O4SSi. The molecule has 0 saturated carbocycles. The predicted octanol–water partition coefficient (Wildman–Crippen LogP) is 3.74. The molecule has 6 heteroatoms. The van der Waals surface area contributed by atoms with E-state index in [9.17, 15) is 13.2 Å². The van der Waals surface area contributed by atoms with E-state index in [2.05, 4.69) is 33.9 Å². The van der Waals surface area contributed by atoms with Gasteiger partial charge < -0.3 is 4.43 Å². The Balaban J connectivity index is 3.15. The second kappa shape index (κ2) is 6.26. The first kappa shape index (κ1) is 19.1. The summed E-state index contributed by atoms with van der Waals surface area (Å²) in [7, 11) is -5.34. The first-order valence-electron chi connectivity index (χ1n) is 7.24. The van der Waals surface area contributed by atoms with Crippen LogP contribution >= 0.6 is 0 Å². The Morgan fingerprint density at radius 1 is 1.14 bits per heavy atom. The molecule has 0 aliphatic carbocycles. The molecular weight excluding hydrogens is 316 g/mol. The third-order valence-corrected chi connectivity index (χ3v) is 9.76. The second-order valence-corrected chi connectivity index (χ2v) is 14.0. The average Bonchev–Trinajstić information content (AvgIpc) is 2.33. The summed E-state index contributed by atoms with van der Waals surface area (Å²) < 4.78 is 29.2. The highest BCUT2D eigenvalue weighted by Crippen LogP contribution is 2.40. The standard InChI is InChI=1S/C16H26O4SSi/c1-12(17)15(20-22(6,7)16(2,3)4)13-8-10-14(11-9-13)21(5,18)19/h8-11,15H,1-7H3. The molecule has 0 fully saturated rings. The summed E-state index contributed by atoms with van der Waals surface area (Å²) in [5.74, 6) is -0.0723. The van der Waals surface area contributed by atoms with Gasteiger partial charge in [-0.2, -0.15) is 0 Å². The Morgan fingerprint density at radius 2 is 1.59 bits per heavy atom. The molecule has 1 rings (SSSR count). The van der Waals surface area contributed by atoms with Crippen molar-refractivity contribution in [1.29, 1.82) is 0 Å². The third kappa shape index (κ3) is 4.51. The predicted molar refractivity (Wildman–Crippen MR) is 91.3 cm³/mol. The molecule has 0 spiro atoms. The lowest BCUT2D eigenvalue weighted by Gasteiger charge is -2.38. The number of rotatable bonds is 5. The van der Waals surface area contributed by atoms with Gasteiger partial charge in [0.25, 0.3) is 0 Å². The molecule has 0 aliphatic rings. The van der Waals surface area contributed by atoms with E-state index < -0.39 is 24.3 Å². The minimum absolute atomic E-state index is 0.00655. The van der Waals surface area contributed by atoms with Crippen LogP contribution in [0.4, 0.5) is 0 Å².